The van der Waals surface area contributed by atoms with Crippen molar-refractivity contribution < 1.29 is 13.9 Å². The number of methoxy groups -OCH3 is 1. The number of rotatable bonds is 5. The van der Waals surface area contributed by atoms with E-state index in [0.717, 1.165) is 18.6 Å². The summed E-state index contributed by atoms with van der Waals surface area (Å²) in [6, 6.07) is 11.4. The fourth-order valence-electron chi connectivity index (χ4n) is 2.97. The fourth-order valence-corrected chi connectivity index (χ4v) is 2.97. The Morgan fingerprint density at radius 2 is 2.10 bits per heavy atom. The van der Waals surface area contributed by atoms with Crippen LogP contribution in [0.1, 0.15) is 35.4 Å². The van der Waals surface area contributed by atoms with E-state index in [1.54, 1.807) is 19.2 Å². The molecule has 21 heavy (non-hydrogen) atoms. The molecule has 110 valence electrons. The summed E-state index contributed by atoms with van der Waals surface area (Å²) < 4.78 is 10.6. The van der Waals surface area contributed by atoms with Crippen LogP contribution in [0, 0.1) is 0 Å². The molecule has 1 fully saturated rings. The predicted molar refractivity (Wildman–Crippen MR) is 79.6 cm³/mol. The van der Waals surface area contributed by atoms with Crippen molar-refractivity contribution in [3.05, 3.63) is 54.0 Å². The quantitative estimate of drug-likeness (QED) is 0.918. The van der Waals surface area contributed by atoms with Crippen LogP contribution in [0.15, 0.2) is 47.1 Å². The van der Waals surface area contributed by atoms with E-state index in [0.29, 0.717) is 12.3 Å². The van der Waals surface area contributed by atoms with Crippen molar-refractivity contribution in [3.63, 3.8) is 0 Å². The summed E-state index contributed by atoms with van der Waals surface area (Å²) in [4.78, 5) is 12.0. The molecule has 0 unspecified atom stereocenters. The molecule has 0 saturated heterocycles. The topological polar surface area (TPSA) is 51.5 Å². The molecule has 0 aliphatic heterocycles. The predicted octanol–water partition coefficient (Wildman–Crippen LogP) is 3.14. The second kappa shape index (κ2) is 5.64. The van der Waals surface area contributed by atoms with Crippen molar-refractivity contribution in [2.24, 2.45) is 0 Å². The molecule has 0 spiro atoms. The Morgan fingerprint density at radius 1 is 1.29 bits per heavy atom. The van der Waals surface area contributed by atoms with Gasteiger partial charge in [-0.3, -0.25) is 4.79 Å². The first-order chi connectivity index (χ1) is 10.2. The summed E-state index contributed by atoms with van der Waals surface area (Å²) in [6.45, 7) is 0.604. The highest BCUT2D eigenvalue weighted by Gasteiger charge is 2.40. The van der Waals surface area contributed by atoms with Gasteiger partial charge in [-0.1, -0.05) is 24.6 Å². The third-order valence-corrected chi connectivity index (χ3v) is 4.32. The van der Waals surface area contributed by atoms with Gasteiger partial charge in [0.15, 0.2) is 5.76 Å². The maximum absolute atomic E-state index is 12.0. The normalized spacial score (nSPS) is 16.0. The van der Waals surface area contributed by atoms with Crippen LogP contribution in [0.5, 0.6) is 5.75 Å². The van der Waals surface area contributed by atoms with E-state index < -0.39 is 0 Å². The lowest BCUT2D eigenvalue weighted by Crippen LogP contribution is -2.45. The van der Waals surface area contributed by atoms with Crippen molar-refractivity contribution in [3.8, 4) is 5.75 Å². The van der Waals surface area contributed by atoms with Crippen molar-refractivity contribution in [2.45, 2.75) is 24.7 Å². The molecule has 0 atom stereocenters. The maximum atomic E-state index is 12.0. The molecule has 1 saturated carbocycles. The lowest BCUT2D eigenvalue weighted by atomic mass is 9.64. The van der Waals surface area contributed by atoms with Crippen molar-refractivity contribution in [2.75, 3.05) is 13.7 Å². The van der Waals surface area contributed by atoms with Gasteiger partial charge in [-0.05, 0) is 31.0 Å². The molecule has 1 heterocycles. The van der Waals surface area contributed by atoms with Gasteiger partial charge in [-0.25, -0.2) is 0 Å². The van der Waals surface area contributed by atoms with Gasteiger partial charge in [0.25, 0.3) is 5.91 Å². The Balaban J connectivity index is 1.76. The minimum atomic E-state index is -0.166. The number of carbonyl (C=O) groups is 1. The zero-order valence-corrected chi connectivity index (χ0v) is 12.1. The molecular weight excluding hydrogens is 266 g/mol. The lowest BCUT2D eigenvalue weighted by Gasteiger charge is -2.43. The highest BCUT2D eigenvalue weighted by Crippen LogP contribution is 2.46. The molecule has 1 aromatic heterocycles. The van der Waals surface area contributed by atoms with Crippen LogP contribution in [0.25, 0.3) is 0 Å². The van der Waals surface area contributed by atoms with Crippen molar-refractivity contribution in [1.29, 1.82) is 0 Å². The number of ether oxygens (including phenoxy) is 1. The lowest BCUT2D eigenvalue weighted by molar-refractivity contribution is 0.0899. The molecule has 3 rings (SSSR count). The van der Waals surface area contributed by atoms with Crippen molar-refractivity contribution >= 4 is 5.91 Å². The second-order valence-corrected chi connectivity index (χ2v) is 5.49. The van der Waals surface area contributed by atoms with Crippen LogP contribution in [0.3, 0.4) is 0 Å². The fraction of sp³-hybridized carbons (Fsp3) is 0.353. The smallest absolute Gasteiger partial charge is 0.287 e. The first-order valence-corrected chi connectivity index (χ1v) is 7.20. The number of hydrogen-bond acceptors (Lipinski definition) is 3. The average Bonchev–Trinajstić information content (AvgIpc) is 3.00. The first kappa shape index (κ1) is 13.7. The number of para-hydroxylation sites is 1. The number of nitrogens with one attached hydrogen (secondary N) is 1. The number of carbonyl (C=O) groups excluding carboxylic acids is 1. The van der Waals surface area contributed by atoms with Gasteiger partial charge >= 0.3 is 0 Å². The third-order valence-electron chi connectivity index (χ3n) is 4.32. The molecule has 0 radical (unpaired) electrons. The average molecular weight is 285 g/mol. The molecule has 4 heteroatoms. The van der Waals surface area contributed by atoms with Gasteiger partial charge in [0.2, 0.25) is 0 Å². The Morgan fingerprint density at radius 3 is 2.71 bits per heavy atom. The van der Waals surface area contributed by atoms with Crippen LogP contribution < -0.4 is 10.1 Å². The standard InChI is InChI=1S/C17H19NO3/c1-20-14-7-3-2-6-13(14)17(9-5-10-17)12-18-16(19)15-8-4-11-21-15/h2-4,6-8,11H,5,9-10,12H2,1H3,(H,18,19). The zero-order chi connectivity index (χ0) is 14.7. The Bertz CT molecular complexity index is 615. The number of amides is 1. The molecule has 1 N–H and O–H groups in total. The molecule has 1 amide bonds. The van der Waals surface area contributed by atoms with Gasteiger partial charge in [0.1, 0.15) is 5.75 Å². The van der Waals surface area contributed by atoms with Crippen LogP contribution in [0.4, 0.5) is 0 Å². The Kier molecular flexibility index (Phi) is 3.69. The molecular formula is C17H19NO3. The van der Waals surface area contributed by atoms with Gasteiger partial charge in [-0.2, -0.15) is 0 Å². The molecule has 2 aromatic rings. The summed E-state index contributed by atoms with van der Waals surface area (Å²) in [6.07, 6.45) is 4.81. The molecule has 0 bridgehead atoms. The highest BCUT2D eigenvalue weighted by atomic mass is 16.5. The minimum Gasteiger partial charge on any atom is -0.496 e. The second-order valence-electron chi connectivity index (χ2n) is 5.49. The van der Waals surface area contributed by atoms with Crippen molar-refractivity contribution in [1.82, 2.24) is 5.32 Å². The number of furan rings is 1. The number of benzene rings is 1. The molecule has 4 nitrogen and oxygen atoms in total. The van der Waals surface area contributed by atoms with Crippen LogP contribution in [0.2, 0.25) is 0 Å². The van der Waals surface area contributed by atoms with Crippen LogP contribution >= 0.6 is 0 Å². The van der Waals surface area contributed by atoms with E-state index in [9.17, 15) is 4.79 Å². The summed E-state index contributed by atoms with van der Waals surface area (Å²) in [7, 11) is 1.69. The molecule has 1 aliphatic carbocycles. The Labute approximate surface area is 124 Å². The van der Waals surface area contributed by atoms with E-state index in [-0.39, 0.29) is 11.3 Å². The largest absolute Gasteiger partial charge is 0.496 e. The first-order valence-electron chi connectivity index (χ1n) is 7.20. The number of hydrogen-bond donors (Lipinski definition) is 1. The van der Waals surface area contributed by atoms with Crippen LogP contribution in [-0.4, -0.2) is 19.6 Å². The molecule has 1 aliphatic rings. The van der Waals surface area contributed by atoms with E-state index in [1.807, 2.05) is 18.2 Å². The Hall–Kier alpha value is -2.23. The summed E-state index contributed by atoms with van der Waals surface area (Å²) >= 11 is 0. The summed E-state index contributed by atoms with van der Waals surface area (Å²) in [5.41, 5.74) is 1.16. The van der Waals surface area contributed by atoms with Gasteiger partial charge in [0, 0.05) is 17.5 Å². The third kappa shape index (κ3) is 2.53. The summed E-state index contributed by atoms with van der Waals surface area (Å²) in [5.74, 6) is 1.08. The monoisotopic (exact) mass is 285 g/mol. The van der Waals surface area contributed by atoms with Crippen LogP contribution in [-0.2, 0) is 5.41 Å². The summed E-state index contributed by atoms with van der Waals surface area (Å²) in [5, 5.41) is 2.99. The SMILES string of the molecule is COc1ccccc1C1(CNC(=O)c2ccco2)CCC1. The molecule has 1 aromatic carbocycles. The zero-order valence-electron chi connectivity index (χ0n) is 12.1. The van der Waals surface area contributed by atoms with Gasteiger partial charge in [0.05, 0.1) is 13.4 Å². The maximum Gasteiger partial charge on any atom is 0.287 e. The van der Waals surface area contributed by atoms with E-state index in [2.05, 4.69) is 11.4 Å². The highest BCUT2D eigenvalue weighted by molar-refractivity contribution is 5.91. The van der Waals surface area contributed by atoms with E-state index in [4.69, 9.17) is 9.15 Å². The van der Waals surface area contributed by atoms with E-state index >= 15 is 0 Å². The minimum absolute atomic E-state index is 0.0190. The van der Waals surface area contributed by atoms with Gasteiger partial charge < -0.3 is 14.5 Å². The van der Waals surface area contributed by atoms with Gasteiger partial charge in [-0.15, -0.1) is 0 Å². The van der Waals surface area contributed by atoms with E-state index in [1.165, 1.54) is 18.2 Å².